The summed E-state index contributed by atoms with van der Waals surface area (Å²) in [6.45, 7) is 1.70. The summed E-state index contributed by atoms with van der Waals surface area (Å²) < 4.78 is 29.4. The van der Waals surface area contributed by atoms with Gasteiger partial charge in [-0.15, -0.1) is 0 Å². The molecule has 0 aliphatic heterocycles. The molecular formula is C17H17NO3S. The molecule has 3 aromatic rings. The van der Waals surface area contributed by atoms with Crippen molar-refractivity contribution in [3.8, 4) is 0 Å². The number of rotatable bonds is 3. The molecule has 0 spiro atoms. The predicted molar refractivity (Wildman–Crippen MR) is 89.6 cm³/mol. The summed E-state index contributed by atoms with van der Waals surface area (Å²) in [7, 11) is -3.80. The maximum atomic E-state index is 12.3. The molecule has 3 aromatic carbocycles. The summed E-state index contributed by atoms with van der Waals surface area (Å²) in [5.74, 6) is 0. The van der Waals surface area contributed by atoms with Crippen molar-refractivity contribution >= 4 is 31.7 Å². The van der Waals surface area contributed by atoms with E-state index in [9.17, 15) is 8.42 Å². The molecule has 0 radical (unpaired) electrons. The topological polar surface area (TPSA) is 78.4 Å². The first kappa shape index (κ1) is 16.0. The second kappa shape index (κ2) is 6.17. The number of hydrogen-bond donors (Lipinski definition) is 1. The number of fused-ring (bicyclic) bond motifs is 2. The van der Waals surface area contributed by atoms with Gasteiger partial charge in [0.2, 0.25) is 0 Å². The van der Waals surface area contributed by atoms with E-state index >= 15 is 0 Å². The van der Waals surface area contributed by atoms with Gasteiger partial charge in [-0.05, 0) is 41.3 Å². The number of hydrogen-bond acceptors (Lipinski definition) is 4. The maximum absolute atomic E-state index is 12.3. The van der Waals surface area contributed by atoms with Gasteiger partial charge in [0, 0.05) is 5.39 Å². The molecule has 4 nitrogen and oxygen atoms in total. The zero-order chi connectivity index (χ0) is 14.9. The Hall–Kier alpha value is -2.37. The van der Waals surface area contributed by atoms with Crippen molar-refractivity contribution < 1.29 is 12.6 Å². The van der Waals surface area contributed by atoms with Gasteiger partial charge in [0.15, 0.2) is 0 Å². The van der Waals surface area contributed by atoms with Crippen molar-refractivity contribution in [1.29, 1.82) is 0 Å². The highest BCUT2D eigenvalue weighted by atomic mass is 32.2. The average molecular weight is 315 g/mol. The van der Waals surface area contributed by atoms with Crippen LogP contribution in [-0.4, -0.2) is 8.42 Å². The van der Waals surface area contributed by atoms with Gasteiger partial charge in [-0.25, -0.2) is 0 Å². The van der Waals surface area contributed by atoms with E-state index in [-0.39, 0.29) is 11.0 Å². The van der Waals surface area contributed by atoms with E-state index in [0.717, 1.165) is 16.2 Å². The molecule has 0 heterocycles. The van der Waals surface area contributed by atoms with Crippen LogP contribution in [-0.2, 0) is 14.3 Å². The van der Waals surface area contributed by atoms with E-state index in [4.69, 9.17) is 4.18 Å². The summed E-state index contributed by atoms with van der Waals surface area (Å²) in [6, 6.07) is 16.9. The van der Waals surface area contributed by atoms with E-state index < -0.39 is 10.1 Å². The molecule has 0 fully saturated rings. The van der Waals surface area contributed by atoms with Crippen molar-refractivity contribution in [2.45, 2.75) is 11.8 Å². The van der Waals surface area contributed by atoms with Crippen LogP contribution in [0, 0.1) is 0 Å². The van der Waals surface area contributed by atoms with E-state index in [2.05, 4.69) is 0 Å². The van der Waals surface area contributed by atoms with E-state index in [1.54, 1.807) is 19.1 Å². The third-order valence-corrected chi connectivity index (χ3v) is 4.55. The maximum Gasteiger partial charge on any atom is 0.339 e. The lowest BCUT2D eigenvalue weighted by Gasteiger charge is -2.08. The Kier molecular flexibility index (Phi) is 4.49. The molecule has 0 aromatic heterocycles. The smallest absolute Gasteiger partial charge is 0.339 e. The second-order valence-electron chi connectivity index (χ2n) is 4.70. The fraction of sp³-hybridized carbons (Fsp3) is 0.0588. The SMILES string of the molecule is CC=COS(=O)(=O)c1cccc2cc3ccccc3cc12.N. The average Bonchev–Trinajstić information content (AvgIpc) is 2.50. The molecule has 0 unspecified atom stereocenters. The van der Waals surface area contributed by atoms with E-state index in [1.165, 1.54) is 12.3 Å². The van der Waals surface area contributed by atoms with Crippen LogP contribution in [0.4, 0.5) is 0 Å². The lowest BCUT2D eigenvalue weighted by Crippen LogP contribution is -2.03. The summed E-state index contributed by atoms with van der Waals surface area (Å²) in [6.07, 6.45) is 2.72. The van der Waals surface area contributed by atoms with Gasteiger partial charge in [-0.1, -0.05) is 42.5 Å². The fourth-order valence-electron chi connectivity index (χ4n) is 2.34. The molecule has 0 amide bonds. The number of allylic oxidation sites excluding steroid dienone is 1. The second-order valence-corrected chi connectivity index (χ2v) is 6.24. The largest absolute Gasteiger partial charge is 0.387 e. The van der Waals surface area contributed by atoms with Crippen LogP contribution < -0.4 is 6.15 Å². The van der Waals surface area contributed by atoms with Gasteiger partial charge in [0.1, 0.15) is 11.2 Å². The van der Waals surface area contributed by atoms with Crippen LogP contribution >= 0.6 is 0 Å². The molecule has 0 aliphatic rings. The summed E-state index contributed by atoms with van der Waals surface area (Å²) >= 11 is 0. The Morgan fingerprint density at radius 3 is 2.23 bits per heavy atom. The quantitative estimate of drug-likeness (QED) is 0.441. The third kappa shape index (κ3) is 2.81. The molecule has 0 saturated heterocycles. The summed E-state index contributed by atoms with van der Waals surface area (Å²) in [5, 5.41) is 3.62. The van der Waals surface area contributed by atoms with Crippen molar-refractivity contribution in [3.05, 3.63) is 66.9 Å². The highest BCUT2D eigenvalue weighted by molar-refractivity contribution is 7.87. The minimum absolute atomic E-state index is 0. The zero-order valence-corrected chi connectivity index (χ0v) is 13.0. The highest BCUT2D eigenvalue weighted by Crippen LogP contribution is 2.29. The van der Waals surface area contributed by atoms with Crippen molar-refractivity contribution in [1.82, 2.24) is 6.15 Å². The Balaban J connectivity index is 0.00000176. The molecular weight excluding hydrogens is 298 g/mol. The molecule has 5 heteroatoms. The van der Waals surface area contributed by atoms with Gasteiger partial charge in [-0.3, -0.25) is 0 Å². The molecule has 22 heavy (non-hydrogen) atoms. The lowest BCUT2D eigenvalue weighted by atomic mass is 10.0. The van der Waals surface area contributed by atoms with Crippen molar-refractivity contribution in [3.63, 3.8) is 0 Å². The zero-order valence-electron chi connectivity index (χ0n) is 12.2. The number of benzene rings is 3. The fourth-order valence-corrected chi connectivity index (χ4v) is 3.39. The first-order chi connectivity index (χ1) is 10.1. The first-order valence-electron chi connectivity index (χ1n) is 6.58. The molecule has 0 aliphatic carbocycles. The normalized spacial score (nSPS) is 11.7. The first-order valence-corrected chi connectivity index (χ1v) is 7.98. The molecule has 0 bridgehead atoms. The molecule has 0 atom stereocenters. The lowest BCUT2D eigenvalue weighted by molar-refractivity contribution is 0.443. The van der Waals surface area contributed by atoms with E-state index in [0.29, 0.717) is 5.39 Å². The Morgan fingerprint density at radius 2 is 1.55 bits per heavy atom. The summed E-state index contributed by atoms with van der Waals surface area (Å²) in [5.41, 5.74) is 0. The molecule has 0 saturated carbocycles. The minimum Gasteiger partial charge on any atom is -0.387 e. The third-order valence-electron chi connectivity index (χ3n) is 3.29. The Bertz CT molecular complexity index is 946. The monoisotopic (exact) mass is 315 g/mol. The Morgan fingerprint density at radius 1 is 0.909 bits per heavy atom. The van der Waals surface area contributed by atoms with Gasteiger partial charge in [-0.2, -0.15) is 8.42 Å². The van der Waals surface area contributed by atoms with Gasteiger partial charge in [0.05, 0.1) is 0 Å². The van der Waals surface area contributed by atoms with Crippen LogP contribution in [0.1, 0.15) is 6.92 Å². The minimum atomic E-state index is -3.80. The van der Waals surface area contributed by atoms with Crippen molar-refractivity contribution in [2.75, 3.05) is 0 Å². The standard InChI is InChI=1S/C17H14O3S.H3N/c1-2-10-20-21(18,19)17-9-5-8-15-11-13-6-3-4-7-14(13)12-16(15)17;/h2-12H,1H3;1H3. The van der Waals surface area contributed by atoms with Gasteiger partial charge >= 0.3 is 10.1 Å². The van der Waals surface area contributed by atoms with E-state index in [1.807, 2.05) is 42.5 Å². The van der Waals surface area contributed by atoms with Gasteiger partial charge < -0.3 is 10.3 Å². The molecule has 3 rings (SSSR count). The highest BCUT2D eigenvalue weighted by Gasteiger charge is 2.17. The van der Waals surface area contributed by atoms with Crippen LogP contribution in [0.3, 0.4) is 0 Å². The predicted octanol–water partition coefficient (Wildman–Crippen LogP) is 4.39. The van der Waals surface area contributed by atoms with Gasteiger partial charge in [0.25, 0.3) is 0 Å². The van der Waals surface area contributed by atoms with Crippen molar-refractivity contribution in [2.24, 2.45) is 0 Å². The Labute approximate surface area is 129 Å². The van der Waals surface area contributed by atoms with Crippen LogP contribution in [0.2, 0.25) is 0 Å². The van der Waals surface area contributed by atoms with Crippen LogP contribution in [0.25, 0.3) is 21.5 Å². The van der Waals surface area contributed by atoms with Crippen LogP contribution in [0.5, 0.6) is 0 Å². The van der Waals surface area contributed by atoms with Crippen LogP contribution in [0.15, 0.2) is 71.8 Å². The summed E-state index contributed by atoms with van der Waals surface area (Å²) in [4.78, 5) is 0.184. The molecule has 3 N–H and O–H groups in total. The molecule has 114 valence electrons.